The zero-order valence-electron chi connectivity index (χ0n) is 15.4. The second kappa shape index (κ2) is 8.24. The maximum absolute atomic E-state index is 11.1. The highest BCUT2D eigenvalue weighted by Gasteiger charge is 2.40. The molecule has 0 radical (unpaired) electrons. The Kier molecular flexibility index (Phi) is 5.79. The van der Waals surface area contributed by atoms with Gasteiger partial charge < -0.3 is 19.9 Å². The highest BCUT2D eigenvalue weighted by atomic mass is 16.5. The van der Waals surface area contributed by atoms with E-state index in [1.165, 1.54) is 24.5 Å². The molecule has 1 heterocycles. The van der Waals surface area contributed by atoms with E-state index in [1.807, 2.05) is 18.2 Å². The number of H-pyrrole nitrogens is 1. The number of fused-ring (bicyclic) bond motifs is 1. The van der Waals surface area contributed by atoms with E-state index in [2.05, 4.69) is 39.1 Å². The van der Waals surface area contributed by atoms with Crippen LogP contribution in [0.1, 0.15) is 36.8 Å². The fourth-order valence-corrected chi connectivity index (χ4v) is 3.62. The number of benzene rings is 1. The quantitative estimate of drug-likeness (QED) is 0.713. The van der Waals surface area contributed by atoms with Crippen molar-refractivity contribution in [2.75, 3.05) is 33.3 Å². The first-order chi connectivity index (χ1) is 12.7. The SMILES string of the molecule is CCN(CCCNC(=O)OC)CC1CC1c1c[nH]c2ccc(C#N)cc12. The van der Waals surface area contributed by atoms with Gasteiger partial charge in [-0.05, 0) is 61.5 Å². The van der Waals surface area contributed by atoms with Crippen molar-refractivity contribution in [1.29, 1.82) is 5.26 Å². The van der Waals surface area contributed by atoms with Gasteiger partial charge in [0.1, 0.15) is 0 Å². The lowest BCUT2D eigenvalue weighted by Crippen LogP contribution is -2.31. The molecule has 26 heavy (non-hydrogen) atoms. The Morgan fingerprint density at radius 1 is 1.50 bits per heavy atom. The van der Waals surface area contributed by atoms with Gasteiger partial charge in [-0.2, -0.15) is 5.26 Å². The molecule has 1 saturated carbocycles. The van der Waals surface area contributed by atoms with Gasteiger partial charge in [0.2, 0.25) is 0 Å². The number of methoxy groups -OCH3 is 1. The van der Waals surface area contributed by atoms with Crippen molar-refractivity contribution in [3.8, 4) is 6.07 Å². The molecule has 6 heteroatoms. The summed E-state index contributed by atoms with van der Waals surface area (Å²) in [5.74, 6) is 1.23. The van der Waals surface area contributed by atoms with Crippen LogP contribution >= 0.6 is 0 Å². The monoisotopic (exact) mass is 354 g/mol. The molecule has 2 aromatic rings. The Hall–Kier alpha value is -2.52. The van der Waals surface area contributed by atoms with E-state index in [4.69, 9.17) is 5.26 Å². The van der Waals surface area contributed by atoms with Crippen molar-refractivity contribution >= 4 is 17.0 Å². The predicted octanol–water partition coefficient (Wildman–Crippen LogP) is 3.21. The highest BCUT2D eigenvalue weighted by Crippen LogP contribution is 2.49. The summed E-state index contributed by atoms with van der Waals surface area (Å²) in [5.41, 5.74) is 3.15. The predicted molar refractivity (Wildman–Crippen MR) is 101 cm³/mol. The zero-order chi connectivity index (χ0) is 18.5. The molecule has 138 valence electrons. The standard InChI is InChI=1S/C20H26N4O2/c1-3-24(8-4-7-22-20(25)26-2)13-15-10-16(15)18-12-23-19-6-5-14(11-21)9-17(18)19/h5-6,9,12,15-16,23H,3-4,7-8,10,13H2,1-2H3,(H,22,25). The summed E-state index contributed by atoms with van der Waals surface area (Å²) < 4.78 is 4.58. The minimum atomic E-state index is -0.369. The number of amides is 1. The van der Waals surface area contributed by atoms with Gasteiger partial charge in [0.05, 0.1) is 18.7 Å². The first-order valence-electron chi connectivity index (χ1n) is 9.21. The van der Waals surface area contributed by atoms with Crippen LogP contribution in [0, 0.1) is 17.2 Å². The maximum atomic E-state index is 11.1. The first kappa shape index (κ1) is 18.3. The molecule has 2 N–H and O–H groups in total. The van der Waals surface area contributed by atoms with Crippen molar-refractivity contribution < 1.29 is 9.53 Å². The van der Waals surface area contributed by atoms with Crippen molar-refractivity contribution in [3.05, 3.63) is 35.5 Å². The molecule has 3 rings (SSSR count). The van der Waals surface area contributed by atoms with E-state index in [1.54, 1.807) is 0 Å². The minimum Gasteiger partial charge on any atom is -0.453 e. The Bertz CT molecular complexity index is 808. The molecule has 6 nitrogen and oxygen atoms in total. The third-order valence-corrected chi connectivity index (χ3v) is 5.21. The van der Waals surface area contributed by atoms with Gasteiger partial charge in [0.15, 0.2) is 0 Å². The molecule has 1 fully saturated rings. The van der Waals surface area contributed by atoms with E-state index in [0.717, 1.165) is 31.6 Å². The number of hydrogen-bond acceptors (Lipinski definition) is 4. The molecule has 1 aromatic carbocycles. The molecule has 1 aromatic heterocycles. The van der Waals surface area contributed by atoms with Crippen LogP contribution in [0.3, 0.4) is 0 Å². The van der Waals surface area contributed by atoms with E-state index < -0.39 is 0 Å². The van der Waals surface area contributed by atoms with Gasteiger partial charge in [0, 0.05) is 30.2 Å². The summed E-state index contributed by atoms with van der Waals surface area (Å²) >= 11 is 0. The lowest BCUT2D eigenvalue weighted by Gasteiger charge is -2.20. The Labute approximate surface area is 154 Å². The summed E-state index contributed by atoms with van der Waals surface area (Å²) in [6, 6.07) is 8.06. The average molecular weight is 354 g/mol. The number of rotatable bonds is 8. The second-order valence-electron chi connectivity index (χ2n) is 6.88. The molecule has 1 aliphatic rings. The average Bonchev–Trinajstić information content (AvgIpc) is 3.30. The summed E-state index contributed by atoms with van der Waals surface area (Å²) in [6.07, 6.45) is 3.85. The number of aromatic nitrogens is 1. The summed E-state index contributed by atoms with van der Waals surface area (Å²) in [4.78, 5) is 16.8. The van der Waals surface area contributed by atoms with Gasteiger partial charge in [-0.15, -0.1) is 0 Å². The van der Waals surface area contributed by atoms with Gasteiger partial charge in [-0.25, -0.2) is 4.79 Å². The topological polar surface area (TPSA) is 81.2 Å². The number of aromatic amines is 1. The number of alkyl carbamates (subject to hydrolysis) is 1. The van der Waals surface area contributed by atoms with Gasteiger partial charge in [-0.1, -0.05) is 6.92 Å². The van der Waals surface area contributed by atoms with E-state index in [-0.39, 0.29) is 6.09 Å². The molecule has 2 unspecified atom stereocenters. The largest absolute Gasteiger partial charge is 0.453 e. The van der Waals surface area contributed by atoms with Crippen molar-refractivity contribution in [3.63, 3.8) is 0 Å². The van der Waals surface area contributed by atoms with Crippen molar-refractivity contribution in [1.82, 2.24) is 15.2 Å². The van der Waals surface area contributed by atoms with Crippen LogP contribution < -0.4 is 5.32 Å². The summed E-state index contributed by atoms with van der Waals surface area (Å²) in [5, 5.41) is 13.0. The lowest BCUT2D eigenvalue weighted by molar-refractivity contribution is 0.170. The number of hydrogen-bond donors (Lipinski definition) is 2. The molecule has 1 amide bonds. The fourth-order valence-electron chi connectivity index (χ4n) is 3.62. The van der Waals surface area contributed by atoms with E-state index in [9.17, 15) is 4.79 Å². The molecule has 0 spiro atoms. The van der Waals surface area contributed by atoms with Crippen LogP contribution in [0.4, 0.5) is 4.79 Å². The first-order valence-corrected chi connectivity index (χ1v) is 9.21. The fraction of sp³-hybridized carbons (Fsp3) is 0.500. The molecule has 2 atom stereocenters. The third kappa shape index (κ3) is 4.17. The second-order valence-corrected chi connectivity index (χ2v) is 6.88. The Morgan fingerprint density at radius 3 is 3.08 bits per heavy atom. The van der Waals surface area contributed by atoms with Crippen LogP contribution in [0.5, 0.6) is 0 Å². The van der Waals surface area contributed by atoms with E-state index >= 15 is 0 Å². The van der Waals surface area contributed by atoms with Crippen LogP contribution in [-0.4, -0.2) is 49.3 Å². The van der Waals surface area contributed by atoms with Gasteiger partial charge in [-0.3, -0.25) is 0 Å². The summed E-state index contributed by atoms with van der Waals surface area (Å²) in [6.45, 7) is 5.86. The highest BCUT2D eigenvalue weighted by molar-refractivity contribution is 5.85. The molecule has 1 aliphatic carbocycles. The normalized spacial score (nSPS) is 18.7. The van der Waals surface area contributed by atoms with Crippen LogP contribution in [0.2, 0.25) is 0 Å². The number of nitriles is 1. The molecule has 0 saturated heterocycles. The number of carbonyl (C=O) groups excluding carboxylic acids is 1. The number of nitrogens with zero attached hydrogens (tertiary/aromatic N) is 2. The number of nitrogens with one attached hydrogen (secondary N) is 2. The maximum Gasteiger partial charge on any atom is 0.406 e. The smallest absolute Gasteiger partial charge is 0.406 e. The lowest BCUT2D eigenvalue weighted by atomic mass is 10.1. The van der Waals surface area contributed by atoms with Gasteiger partial charge in [0.25, 0.3) is 0 Å². The zero-order valence-corrected chi connectivity index (χ0v) is 15.4. The van der Waals surface area contributed by atoms with E-state index in [0.29, 0.717) is 23.9 Å². The minimum absolute atomic E-state index is 0.369. The molecule has 0 aliphatic heterocycles. The van der Waals surface area contributed by atoms with Crippen molar-refractivity contribution in [2.24, 2.45) is 5.92 Å². The Balaban J connectivity index is 1.53. The van der Waals surface area contributed by atoms with Gasteiger partial charge >= 0.3 is 6.09 Å². The van der Waals surface area contributed by atoms with Crippen LogP contribution in [-0.2, 0) is 4.74 Å². The number of carbonyl (C=O) groups is 1. The number of ether oxygens (including phenoxy) is 1. The third-order valence-electron chi connectivity index (χ3n) is 5.21. The van der Waals surface area contributed by atoms with Crippen LogP contribution in [0.15, 0.2) is 24.4 Å². The molecular weight excluding hydrogens is 328 g/mol. The molecule has 0 bridgehead atoms. The van der Waals surface area contributed by atoms with Crippen LogP contribution in [0.25, 0.3) is 10.9 Å². The summed E-state index contributed by atoms with van der Waals surface area (Å²) in [7, 11) is 1.38. The molecular formula is C20H26N4O2. The van der Waals surface area contributed by atoms with Crippen molar-refractivity contribution in [2.45, 2.75) is 25.7 Å². The Morgan fingerprint density at radius 2 is 2.35 bits per heavy atom.